The van der Waals surface area contributed by atoms with Gasteiger partial charge in [-0.3, -0.25) is 4.79 Å². The Hall–Kier alpha value is -3.99. The summed E-state index contributed by atoms with van der Waals surface area (Å²) in [6, 6.07) is 17.5. The van der Waals surface area contributed by atoms with Gasteiger partial charge >= 0.3 is 0 Å². The number of aromatic nitrogens is 3. The molecule has 2 N–H and O–H groups in total. The molecule has 5 heteroatoms. The molecule has 0 atom stereocenters. The second-order valence-corrected chi connectivity index (χ2v) is 7.14. The third-order valence-electron chi connectivity index (χ3n) is 4.98. The maximum Gasteiger partial charge on any atom is 0.159 e. The molecule has 2 heterocycles. The van der Waals surface area contributed by atoms with Crippen molar-refractivity contribution >= 4 is 24.1 Å². The average molecular weight is 394 g/mol. The first-order valence-electron chi connectivity index (χ1n) is 9.66. The number of Topliss-reactive ketones (excluding diaryl/α,β-unsaturated/α-hetero) is 1. The molecule has 0 bridgehead atoms. The predicted octanol–water partition coefficient (Wildman–Crippen LogP) is 2.85. The lowest BCUT2D eigenvalue weighted by atomic mass is 10.1. The summed E-state index contributed by atoms with van der Waals surface area (Å²) < 4.78 is 1.86. The summed E-state index contributed by atoms with van der Waals surface area (Å²) in [4.78, 5) is 16.2. The molecule has 0 amide bonds. The van der Waals surface area contributed by atoms with Crippen molar-refractivity contribution in [2.45, 2.75) is 13.3 Å². The van der Waals surface area contributed by atoms with Gasteiger partial charge in [0.2, 0.25) is 0 Å². The Morgan fingerprint density at radius 3 is 2.83 bits per heavy atom. The average Bonchev–Trinajstić information content (AvgIpc) is 3.16. The number of allylic oxidation sites excluding steroid dienone is 1. The SMILES string of the molecule is C=c1ccc(Cc2cnc3ccc(-c4cccc(C(C)=O)c4)nn23)c/c1=C/C=C\N. The van der Waals surface area contributed by atoms with Gasteiger partial charge in [-0.1, -0.05) is 49.1 Å². The molecule has 0 aliphatic carbocycles. The molecule has 0 aliphatic rings. The number of carbonyl (C=O) groups excluding carboxylic acids is 1. The molecule has 30 heavy (non-hydrogen) atoms. The van der Waals surface area contributed by atoms with E-state index in [0.29, 0.717) is 12.0 Å². The molecule has 0 radical (unpaired) electrons. The molecular formula is C25H22N4O. The van der Waals surface area contributed by atoms with Crippen LogP contribution in [0.25, 0.3) is 29.6 Å². The number of ketones is 1. The van der Waals surface area contributed by atoms with Crippen LogP contribution in [-0.2, 0) is 6.42 Å². The standard InChI is InChI=1S/C25H22N4O/c1-17-8-9-19(13-20(17)7-4-12-26)14-23-16-27-25-11-10-24(28-29(23)25)22-6-3-5-21(15-22)18(2)30/h3-13,15-16H,1,14,26H2,2H3/b12-4-,20-7-. The molecule has 0 unspecified atom stereocenters. The minimum atomic E-state index is 0.0344. The number of imidazole rings is 1. The Labute approximate surface area is 174 Å². The first-order valence-corrected chi connectivity index (χ1v) is 9.66. The number of nitrogens with zero attached hydrogens (tertiary/aromatic N) is 3. The highest BCUT2D eigenvalue weighted by atomic mass is 16.1. The van der Waals surface area contributed by atoms with Crippen LogP contribution in [0.15, 0.2) is 73.1 Å². The Morgan fingerprint density at radius 2 is 2.03 bits per heavy atom. The van der Waals surface area contributed by atoms with Crippen LogP contribution in [-0.4, -0.2) is 20.4 Å². The van der Waals surface area contributed by atoms with Gasteiger partial charge in [-0.25, -0.2) is 9.50 Å². The smallest absolute Gasteiger partial charge is 0.159 e. The van der Waals surface area contributed by atoms with Crippen LogP contribution < -0.4 is 16.2 Å². The summed E-state index contributed by atoms with van der Waals surface area (Å²) in [5, 5.41) is 6.76. The van der Waals surface area contributed by atoms with Gasteiger partial charge in [0.15, 0.2) is 11.4 Å². The molecule has 0 saturated carbocycles. The number of hydrogen-bond acceptors (Lipinski definition) is 4. The highest BCUT2D eigenvalue weighted by Gasteiger charge is 2.09. The second kappa shape index (κ2) is 8.17. The number of rotatable bonds is 5. The van der Waals surface area contributed by atoms with Gasteiger partial charge in [-0.05, 0) is 53.4 Å². The van der Waals surface area contributed by atoms with Crippen LogP contribution in [0.4, 0.5) is 0 Å². The van der Waals surface area contributed by atoms with Crippen molar-refractivity contribution in [1.29, 1.82) is 0 Å². The first kappa shape index (κ1) is 19.3. The van der Waals surface area contributed by atoms with Crippen LogP contribution in [0.1, 0.15) is 28.5 Å². The van der Waals surface area contributed by atoms with Crippen molar-refractivity contribution in [3.05, 3.63) is 100 Å². The molecule has 5 nitrogen and oxygen atoms in total. The van der Waals surface area contributed by atoms with Gasteiger partial charge < -0.3 is 5.73 Å². The molecule has 2 aromatic heterocycles. The highest BCUT2D eigenvalue weighted by Crippen LogP contribution is 2.20. The van der Waals surface area contributed by atoms with Gasteiger partial charge in [0.25, 0.3) is 0 Å². The number of carbonyl (C=O) groups is 1. The summed E-state index contributed by atoms with van der Waals surface area (Å²) in [6.07, 6.45) is 7.77. The lowest BCUT2D eigenvalue weighted by Gasteiger charge is -2.06. The molecule has 4 aromatic rings. The largest absolute Gasteiger partial charge is 0.405 e. The highest BCUT2D eigenvalue weighted by molar-refractivity contribution is 5.95. The van der Waals surface area contributed by atoms with Crippen molar-refractivity contribution in [2.75, 3.05) is 0 Å². The quantitative estimate of drug-likeness (QED) is 0.528. The first-order chi connectivity index (χ1) is 14.5. The van der Waals surface area contributed by atoms with Crippen molar-refractivity contribution in [3.63, 3.8) is 0 Å². The van der Waals surface area contributed by atoms with Crippen LogP contribution in [0.5, 0.6) is 0 Å². The Balaban J connectivity index is 1.73. The van der Waals surface area contributed by atoms with Crippen molar-refractivity contribution in [3.8, 4) is 11.3 Å². The molecule has 0 fully saturated rings. The van der Waals surface area contributed by atoms with Crippen LogP contribution >= 0.6 is 0 Å². The normalized spacial score (nSPS) is 12.1. The van der Waals surface area contributed by atoms with E-state index in [-0.39, 0.29) is 5.78 Å². The van der Waals surface area contributed by atoms with Crippen LogP contribution in [0.3, 0.4) is 0 Å². The van der Waals surface area contributed by atoms with E-state index in [0.717, 1.165) is 38.6 Å². The number of benzene rings is 2. The van der Waals surface area contributed by atoms with Crippen molar-refractivity contribution < 1.29 is 4.79 Å². The minimum absolute atomic E-state index is 0.0344. The van der Waals surface area contributed by atoms with E-state index in [4.69, 9.17) is 10.8 Å². The van der Waals surface area contributed by atoms with Crippen molar-refractivity contribution in [1.82, 2.24) is 14.6 Å². The summed E-state index contributed by atoms with van der Waals surface area (Å²) in [6.45, 7) is 5.63. The zero-order valence-corrected chi connectivity index (χ0v) is 16.7. The fourth-order valence-corrected chi connectivity index (χ4v) is 3.37. The maximum atomic E-state index is 11.7. The molecule has 4 rings (SSSR count). The van der Waals surface area contributed by atoms with E-state index in [1.54, 1.807) is 13.0 Å². The van der Waals surface area contributed by atoms with E-state index in [1.165, 1.54) is 6.20 Å². The topological polar surface area (TPSA) is 73.3 Å². The summed E-state index contributed by atoms with van der Waals surface area (Å²) in [5.74, 6) is 0.0344. The van der Waals surface area contributed by atoms with Gasteiger partial charge in [-0.15, -0.1) is 0 Å². The van der Waals surface area contributed by atoms with E-state index < -0.39 is 0 Å². The van der Waals surface area contributed by atoms with E-state index in [1.807, 2.05) is 59.3 Å². The molecule has 0 aliphatic heterocycles. The predicted molar refractivity (Wildman–Crippen MR) is 120 cm³/mol. The van der Waals surface area contributed by atoms with Crippen LogP contribution in [0.2, 0.25) is 0 Å². The maximum absolute atomic E-state index is 11.7. The van der Waals surface area contributed by atoms with E-state index in [2.05, 4.69) is 23.7 Å². The van der Waals surface area contributed by atoms with Gasteiger partial charge in [0.05, 0.1) is 17.6 Å². The van der Waals surface area contributed by atoms with Crippen molar-refractivity contribution in [2.24, 2.45) is 5.73 Å². The monoisotopic (exact) mass is 394 g/mol. The van der Waals surface area contributed by atoms with E-state index in [9.17, 15) is 4.79 Å². The third kappa shape index (κ3) is 3.91. The molecule has 148 valence electrons. The number of fused-ring (bicyclic) bond motifs is 1. The summed E-state index contributed by atoms with van der Waals surface area (Å²) in [5.41, 5.74) is 10.7. The number of hydrogen-bond donors (Lipinski definition) is 1. The summed E-state index contributed by atoms with van der Waals surface area (Å²) >= 11 is 0. The Morgan fingerprint density at radius 1 is 1.17 bits per heavy atom. The molecule has 2 aromatic carbocycles. The molecule has 0 spiro atoms. The minimum Gasteiger partial charge on any atom is -0.405 e. The van der Waals surface area contributed by atoms with Gasteiger partial charge in [0.1, 0.15) is 0 Å². The number of nitrogens with two attached hydrogens (primary N) is 1. The fourth-order valence-electron chi connectivity index (χ4n) is 3.37. The zero-order chi connectivity index (χ0) is 21.1. The Bertz CT molecular complexity index is 1380. The fraction of sp³-hybridized carbons (Fsp3) is 0.0800. The third-order valence-corrected chi connectivity index (χ3v) is 4.98. The van der Waals surface area contributed by atoms with Gasteiger partial charge in [-0.2, -0.15) is 5.10 Å². The zero-order valence-electron chi connectivity index (χ0n) is 16.7. The van der Waals surface area contributed by atoms with Crippen LogP contribution in [0, 0.1) is 0 Å². The molecule has 0 saturated heterocycles. The lowest BCUT2D eigenvalue weighted by molar-refractivity contribution is 0.101. The van der Waals surface area contributed by atoms with E-state index >= 15 is 0 Å². The summed E-state index contributed by atoms with van der Waals surface area (Å²) in [7, 11) is 0. The Kier molecular flexibility index (Phi) is 5.26. The second-order valence-electron chi connectivity index (χ2n) is 7.14. The molecular weight excluding hydrogens is 372 g/mol. The van der Waals surface area contributed by atoms with Gasteiger partial charge in [0, 0.05) is 17.5 Å². The lowest BCUT2D eigenvalue weighted by Crippen LogP contribution is -2.23.